The number of aromatic nitrogens is 1. The molecule has 0 radical (unpaired) electrons. The van der Waals surface area contributed by atoms with Gasteiger partial charge >= 0.3 is 12.2 Å². The summed E-state index contributed by atoms with van der Waals surface area (Å²) in [5.74, 6) is -1.91. The summed E-state index contributed by atoms with van der Waals surface area (Å²) in [6, 6.07) is -1.71. The van der Waals surface area contributed by atoms with Crippen LogP contribution in [0.3, 0.4) is 0 Å². The van der Waals surface area contributed by atoms with Crippen LogP contribution in [0.5, 0.6) is 0 Å². The number of nitrogens with zero attached hydrogens (tertiary/aromatic N) is 2. The zero-order valence-corrected chi connectivity index (χ0v) is 18.5. The van der Waals surface area contributed by atoms with Crippen LogP contribution >= 0.6 is 11.6 Å². The molecule has 2 aliphatic rings. The highest BCUT2D eigenvalue weighted by atomic mass is 35.5. The summed E-state index contributed by atoms with van der Waals surface area (Å²) in [7, 11) is 0. The number of hydrogen-bond donors (Lipinski definition) is 3. The zero-order valence-electron chi connectivity index (χ0n) is 17.8. The number of nitrogens with one attached hydrogen (secondary N) is 2. The molecule has 9 nitrogen and oxygen atoms in total. The molecule has 0 spiro atoms. The Morgan fingerprint density at radius 1 is 1.26 bits per heavy atom. The topological polar surface area (TPSA) is 121 Å². The molecular formula is C20H26ClFN4O5. The number of anilines is 1. The maximum atomic E-state index is 15.3. The van der Waals surface area contributed by atoms with Crippen molar-refractivity contribution in [3.05, 3.63) is 22.1 Å². The Balaban J connectivity index is 1.85. The first-order chi connectivity index (χ1) is 14.4. The molecule has 1 unspecified atom stereocenters. The van der Waals surface area contributed by atoms with Gasteiger partial charge in [-0.25, -0.2) is 23.9 Å². The Bertz CT molecular complexity index is 920. The fraction of sp³-hybridized carbons (Fsp3) is 0.600. The highest BCUT2D eigenvalue weighted by Gasteiger charge is 2.44. The average Bonchev–Trinajstić information content (AvgIpc) is 2.90. The van der Waals surface area contributed by atoms with Gasteiger partial charge in [0.05, 0.1) is 17.6 Å². The molecule has 3 rings (SSSR count). The van der Waals surface area contributed by atoms with Crippen molar-refractivity contribution in [2.75, 3.05) is 5.32 Å². The van der Waals surface area contributed by atoms with Crippen LogP contribution in [-0.4, -0.2) is 50.8 Å². The van der Waals surface area contributed by atoms with Gasteiger partial charge in [0.1, 0.15) is 10.8 Å². The molecule has 2 heterocycles. The molecule has 1 aliphatic carbocycles. The van der Waals surface area contributed by atoms with E-state index in [2.05, 4.69) is 15.6 Å². The monoisotopic (exact) mass is 456 g/mol. The summed E-state index contributed by atoms with van der Waals surface area (Å²) in [5.41, 5.74) is -1.00. The predicted octanol–water partition coefficient (Wildman–Crippen LogP) is 4.32. The Kier molecular flexibility index (Phi) is 6.31. The van der Waals surface area contributed by atoms with Crippen LogP contribution in [0.2, 0.25) is 5.15 Å². The summed E-state index contributed by atoms with van der Waals surface area (Å²) in [6.45, 7) is 6.70. The zero-order chi connectivity index (χ0) is 23.1. The fourth-order valence-corrected chi connectivity index (χ4v) is 4.30. The van der Waals surface area contributed by atoms with E-state index in [4.69, 9.17) is 16.3 Å². The third-order valence-corrected chi connectivity index (χ3v) is 5.64. The first-order valence-corrected chi connectivity index (χ1v) is 10.5. The van der Waals surface area contributed by atoms with E-state index in [1.807, 2.05) is 0 Å². The molecule has 0 saturated heterocycles. The highest BCUT2D eigenvalue weighted by Crippen LogP contribution is 2.40. The summed E-state index contributed by atoms with van der Waals surface area (Å²) < 4.78 is 20.6. The highest BCUT2D eigenvalue weighted by molar-refractivity contribution is 6.33. The smallest absolute Gasteiger partial charge is 0.414 e. The summed E-state index contributed by atoms with van der Waals surface area (Å²) >= 11 is 6.14. The standard InChI is InChI=1S/C20H26ClFN4O5/c1-9-12-13(17(27)26(9)19(29)30)15(21)25-16(14(12)22)23-10-7-5-6-8-11(10)24-18(28)31-20(2,3)4/h9-11H,5-8H2,1-4H3,(H,23,25)(H,24,28)(H,29,30)/t9?,10-,11+/m1/s1. The van der Waals surface area contributed by atoms with Crippen LogP contribution < -0.4 is 10.6 Å². The van der Waals surface area contributed by atoms with Crippen LogP contribution in [-0.2, 0) is 4.74 Å². The number of imide groups is 1. The minimum Gasteiger partial charge on any atom is -0.465 e. The van der Waals surface area contributed by atoms with Crippen molar-refractivity contribution in [1.29, 1.82) is 0 Å². The van der Waals surface area contributed by atoms with E-state index in [-0.39, 0.29) is 34.2 Å². The number of carboxylic acid groups (broad SMARTS) is 1. The molecule has 1 fully saturated rings. The van der Waals surface area contributed by atoms with E-state index in [0.29, 0.717) is 17.7 Å². The van der Waals surface area contributed by atoms with Crippen molar-refractivity contribution in [1.82, 2.24) is 15.2 Å². The summed E-state index contributed by atoms with van der Waals surface area (Å²) in [6.07, 6.45) is 1.01. The number of alkyl carbamates (subject to hydrolysis) is 1. The number of rotatable bonds is 3. The lowest BCUT2D eigenvalue weighted by molar-refractivity contribution is 0.0488. The van der Waals surface area contributed by atoms with E-state index in [0.717, 1.165) is 12.8 Å². The Morgan fingerprint density at radius 3 is 2.45 bits per heavy atom. The number of carbonyl (C=O) groups is 3. The van der Waals surface area contributed by atoms with Crippen LogP contribution in [0, 0.1) is 5.82 Å². The molecule has 0 bridgehead atoms. The van der Waals surface area contributed by atoms with E-state index in [1.54, 1.807) is 20.8 Å². The second kappa shape index (κ2) is 8.49. The van der Waals surface area contributed by atoms with E-state index >= 15 is 4.39 Å². The minimum atomic E-state index is -1.49. The van der Waals surface area contributed by atoms with Crippen LogP contribution in [0.1, 0.15) is 75.3 Å². The van der Waals surface area contributed by atoms with Gasteiger partial charge in [0.15, 0.2) is 11.6 Å². The predicted molar refractivity (Wildman–Crippen MR) is 111 cm³/mol. The number of hydrogen-bond acceptors (Lipinski definition) is 6. The van der Waals surface area contributed by atoms with Gasteiger partial charge in [0, 0.05) is 11.6 Å². The van der Waals surface area contributed by atoms with Gasteiger partial charge in [-0.3, -0.25) is 4.79 Å². The second-order valence-corrected chi connectivity index (χ2v) is 9.13. The Labute approximate surface area is 184 Å². The number of amides is 3. The maximum absolute atomic E-state index is 15.3. The van der Waals surface area contributed by atoms with Gasteiger partial charge in [0.25, 0.3) is 5.91 Å². The summed E-state index contributed by atoms with van der Waals surface area (Å²) in [5, 5.41) is 14.8. The third kappa shape index (κ3) is 4.68. The molecule has 1 aromatic heterocycles. The molecule has 0 aromatic carbocycles. The largest absolute Gasteiger partial charge is 0.465 e. The van der Waals surface area contributed by atoms with Gasteiger partial charge < -0.3 is 20.5 Å². The number of carbonyl (C=O) groups excluding carboxylic acids is 2. The second-order valence-electron chi connectivity index (χ2n) is 8.78. The Morgan fingerprint density at radius 2 is 1.87 bits per heavy atom. The molecule has 11 heteroatoms. The van der Waals surface area contributed by atoms with E-state index in [9.17, 15) is 19.5 Å². The van der Waals surface area contributed by atoms with Crippen LogP contribution in [0.15, 0.2) is 0 Å². The van der Waals surface area contributed by atoms with Crippen molar-refractivity contribution in [3.63, 3.8) is 0 Å². The number of ether oxygens (including phenoxy) is 1. The molecule has 1 aliphatic heterocycles. The summed E-state index contributed by atoms with van der Waals surface area (Å²) in [4.78, 5) is 40.5. The van der Waals surface area contributed by atoms with Gasteiger partial charge in [-0.15, -0.1) is 0 Å². The fourth-order valence-electron chi connectivity index (χ4n) is 4.03. The molecule has 31 heavy (non-hydrogen) atoms. The van der Waals surface area contributed by atoms with Gasteiger partial charge in [0.2, 0.25) is 0 Å². The third-order valence-electron chi connectivity index (χ3n) is 5.36. The van der Waals surface area contributed by atoms with Crippen molar-refractivity contribution in [3.8, 4) is 0 Å². The number of fused-ring (bicyclic) bond motifs is 1. The molecular weight excluding hydrogens is 431 g/mol. The molecule has 3 N–H and O–H groups in total. The van der Waals surface area contributed by atoms with Gasteiger partial charge in [-0.1, -0.05) is 24.4 Å². The van der Waals surface area contributed by atoms with Crippen LogP contribution in [0.25, 0.3) is 0 Å². The number of halogens is 2. The van der Waals surface area contributed by atoms with Crippen LogP contribution in [0.4, 0.5) is 19.8 Å². The maximum Gasteiger partial charge on any atom is 0.414 e. The first kappa shape index (κ1) is 23.1. The molecule has 170 valence electrons. The molecule has 3 atom stereocenters. The Hall–Kier alpha value is -2.62. The van der Waals surface area contributed by atoms with Crippen molar-refractivity contribution in [2.24, 2.45) is 0 Å². The van der Waals surface area contributed by atoms with Crippen molar-refractivity contribution < 1.29 is 28.6 Å². The van der Waals surface area contributed by atoms with Crippen molar-refractivity contribution >= 4 is 35.5 Å². The lowest BCUT2D eigenvalue weighted by Gasteiger charge is -2.34. The SMILES string of the molecule is CC1c2c(F)c(N[C@@H]3CCCC[C@@H]3NC(=O)OC(C)(C)C)nc(Cl)c2C(=O)N1C(=O)O. The van der Waals surface area contributed by atoms with Crippen molar-refractivity contribution in [2.45, 2.75) is 77.1 Å². The normalized spacial score (nSPS) is 23.4. The van der Waals surface area contributed by atoms with E-state index in [1.165, 1.54) is 6.92 Å². The lowest BCUT2D eigenvalue weighted by atomic mass is 9.90. The molecule has 3 amide bonds. The molecule has 1 aromatic rings. The molecule has 1 saturated carbocycles. The quantitative estimate of drug-likeness (QED) is 0.579. The first-order valence-electron chi connectivity index (χ1n) is 10.1. The van der Waals surface area contributed by atoms with E-state index < -0.39 is 35.6 Å². The minimum absolute atomic E-state index is 0.109. The lowest BCUT2D eigenvalue weighted by Crippen LogP contribution is -2.50. The average molecular weight is 457 g/mol. The number of pyridine rings is 1. The van der Waals surface area contributed by atoms with Gasteiger partial charge in [-0.05, 0) is 40.5 Å². The van der Waals surface area contributed by atoms with Gasteiger partial charge in [-0.2, -0.15) is 0 Å².